The van der Waals surface area contributed by atoms with E-state index in [1.807, 2.05) is 0 Å². The first-order chi connectivity index (χ1) is 9.98. The Morgan fingerprint density at radius 3 is 2.29 bits per heavy atom. The molecule has 1 rings (SSSR count). The van der Waals surface area contributed by atoms with E-state index in [9.17, 15) is 0 Å². The number of hydrogen-bond donors (Lipinski definition) is 1. The molecule has 120 valence electrons. The van der Waals surface area contributed by atoms with Crippen LogP contribution in [-0.2, 0) is 19.3 Å². The summed E-state index contributed by atoms with van der Waals surface area (Å²) in [5, 5.41) is 3.56. The van der Waals surface area contributed by atoms with Gasteiger partial charge in [0.1, 0.15) is 0 Å². The number of likely N-dealkylation sites (N-methyl/N-ethyl adjacent to an activating group) is 1. The summed E-state index contributed by atoms with van der Waals surface area (Å²) in [4.78, 5) is 0. The SMILES string of the molecule is CCCc1cc(CC(NC)C(C)(C)CCC)ccc1CC. The van der Waals surface area contributed by atoms with Crippen LogP contribution in [0.15, 0.2) is 18.2 Å². The van der Waals surface area contributed by atoms with Gasteiger partial charge in [0.15, 0.2) is 0 Å². The van der Waals surface area contributed by atoms with Gasteiger partial charge in [-0.2, -0.15) is 0 Å². The van der Waals surface area contributed by atoms with E-state index in [0.29, 0.717) is 11.5 Å². The molecule has 0 aliphatic rings. The molecule has 0 fully saturated rings. The average Bonchev–Trinajstić information content (AvgIpc) is 2.45. The topological polar surface area (TPSA) is 12.0 Å². The zero-order chi connectivity index (χ0) is 15.9. The summed E-state index contributed by atoms with van der Waals surface area (Å²) in [6.45, 7) is 11.6. The zero-order valence-electron chi connectivity index (χ0n) is 15.1. The molecular formula is C20H35N. The molecule has 1 aromatic carbocycles. The minimum Gasteiger partial charge on any atom is -0.316 e. The van der Waals surface area contributed by atoms with Gasteiger partial charge >= 0.3 is 0 Å². The Bertz CT molecular complexity index is 420. The molecule has 1 N–H and O–H groups in total. The molecule has 0 bridgehead atoms. The third kappa shape index (κ3) is 5.14. The van der Waals surface area contributed by atoms with Crippen LogP contribution >= 0.6 is 0 Å². The van der Waals surface area contributed by atoms with Crippen molar-refractivity contribution in [1.82, 2.24) is 5.32 Å². The highest BCUT2D eigenvalue weighted by molar-refractivity contribution is 5.33. The minimum absolute atomic E-state index is 0.345. The van der Waals surface area contributed by atoms with Crippen molar-refractivity contribution >= 4 is 0 Å². The van der Waals surface area contributed by atoms with Gasteiger partial charge in [-0.15, -0.1) is 0 Å². The summed E-state index contributed by atoms with van der Waals surface area (Å²) in [6, 6.07) is 7.68. The molecule has 0 saturated carbocycles. The lowest BCUT2D eigenvalue weighted by Gasteiger charge is -2.34. The molecule has 21 heavy (non-hydrogen) atoms. The summed E-state index contributed by atoms with van der Waals surface area (Å²) in [5.74, 6) is 0. The van der Waals surface area contributed by atoms with Crippen LogP contribution in [0.3, 0.4) is 0 Å². The zero-order valence-corrected chi connectivity index (χ0v) is 15.1. The van der Waals surface area contributed by atoms with Gasteiger partial charge in [0, 0.05) is 6.04 Å². The van der Waals surface area contributed by atoms with E-state index in [1.165, 1.54) is 36.8 Å². The second kappa shape index (κ2) is 8.58. The predicted octanol–water partition coefficient (Wildman–Crippen LogP) is 5.16. The van der Waals surface area contributed by atoms with Gasteiger partial charge in [0.05, 0.1) is 0 Å². The third-order valence-electron chi connectivity index (χ3n) is 4.80. The van der Waals surface area contributed by atoms with E-state index >= 15 is 0 Å². The van der Waals surface area contributed by atoms with Crippen LogP contribution in [-0.4, -0.2) is 13.1 Å². The fourth-order valence-electron chi connectivity index (χ4n) is 3.48. The van der Waals surface area contributed by atoms with Crippen LogP contribution < -0.4 is 5.32 Å². The second-order valence-corrected chi connectivity index (χ2v) is 6.99. The van der Waals surface area contributed by atoms with Crippen LogP contribution in [0.1, 0.15) is 70.6 Å². The Hall–Kier alpha value is -0.820. The molecule has 0 radical (unpaired) electrons. The van der Waals surface area contributed by atoms with E-state index in [2.05, 4.69) is 65.2 Å². The monoisotopic (exact) mass is 289 g/mol. The Labute approximate surface area is 132 Å². The van der Waals surface area contributed by atoms with Crippen LogP contribution in [0.5, 0.6) is 0 Å². The number of hydrogen-bond acceptors (Lipinski definition) is 1. The van der Waals surface area contributed by atoms with Crippen molar-refractivity contribution in [3.8, 4) is 0 Å². The van der Waals surface area contributed by atoms with Crippen molar-refractivity contribution in [2.24, 2.45) is 5.41 Å². The van der Waals surface area contributed by atoms with Gasteiger partial charge in [0.25, 0.3) is 0 Å². The van der Waals surface area contributed by atoms with Crippen molar-refractivity contribution in [3.05, 3.63) is 34.9 Å². The summed E-state index contributed by atoms with van der Waals surface area (Å²) >= 11 is 0. The van der Waals surface area contributed by atoms with Crippen molar-refractivity contribution < 1.29 is 0 Å². The van der Waals surface area contributed by atoms with Gasteiger partial charge in [-0.25, -0.2) is 0 Å². The van der Waals surface area contributed by atoms with Gasteiger partial charge < -0.3 is 5.32 Å². The molecular weight excluding hydrogens is 254 g/mol. The maximum Gasteiger partial charge on any atom is 0.0156 e. The first-order valence-electron chi connectivity index (χ1n) is 8.76. The lowest BCUT2D eigenvalue weighted by molar-refractivity contribution is 0.228. The minimum atomic E-state index is 0.345. The van der Waals surface area contributed by atoms with E-state index < -0.39 is 0 Å². The van der Waals surface area contributed by atoms with Crippen LogP contribution in [0.2, 0.25) is 0 Å². The first-order valence-corrected chi connectivity index (χ1v) is 8.76. The van der Waals surface area contributed by atoms with Crippen molar-refractivity contribution in [3.63, 3.8) is 0 Å². The maximum atomic E-state index is 3.56. The van der Waals surface area contributed by atoms with Crippen LogP contribution in [0.25, 0.3) is 0 Å². The Morgan fingerprint density at radius 1 is 1.05 bits per heavy atom. The largest absolute Gasteiger partial charge is 0.316 e. The normalized spacial score (nSPS) is 13.4. The van der Waals surface area contributed by atoms with Gasteiger partial charge in [-0.05, 0) is 54.8 Å². The Balaban J connectivity index is 2.92. The lowest BCUT2D eigenvalue weighted by atomic mass is 9.77. The van der Waals surface area contributed by atoms with Gasteiger partial charge in [0.2, 0.25) is 0 Å². The molecule has 0 aliphatic heterocycles. The predicted molar refractivity (Wildman–Crippen MR) is 95.1 cm³/mol. The summed E-state index contributed by atoms with van der Waals surface area (Å²) in [5.41, 5.74) is 4.91. The van der Waals surface area contributed by atoms with E-state index in [1.54, 1.807) is 5.56 Å². The van der Waals surface area contributed by atoms with Gasteiger partial charge in [-0.1, -0.05) is 65.7 Å². The smallest absolute Gasteiger partial charge is 0.0156 e. The molecule has 1 unspecified atom stereocenters. The highest BCUT2D eigenvalue weighted by Gasteiger charge is 2.27. The van der Waals surface area contributed by atoms with Crippen LogP contribution in [0.4, 0.5) is 0 Å². The number of nitrogens with one attached hydrogen (secondary N) is 1. The van der Waals surface area contributed by atoms with E-state index in [0.717, 1.165) is 12.8 Å². The highest BCUT2D eigenvalue weighted by Crippen LogP contribution is 2.29. The average molecular weight is 290 g/mol. The third-order valence-corrected chi connectivity index (χ3v) is 4.80. The molecule has 1 atom stereocenters. The molecule has 1 heteroatoms. The Kier molecular flexibility index (Phi) is 7.45. The van der Waals surface area contributed by atoms with E-state index in [4.69, 9.17) is 0 Å². The molecule has 0 aliphatic carbocycles. The highest BCUT2D eigenvalue weighted by atomic mass is 14.9. The summed E-state index contributed by atoms with van der Waals surface area (Å²) in [6.07, 6.45) is 7.23. The molecule has 0 aromatic heterocycles. The van der Waals surface area contributed by atoms with Crippen molar-refractivity contribution in [2.75, 3.05) is 7.05 Å². The summed E-state index contributed by atoms with van der Waals surface area (Å²) < 4.78 is 0. The molecule has 0 spiro atoms. The molecule has 1 nitrogen and oxygen atoms in total. The van der Waals surface area contributed by atoms with Gasteiger partial charge in [-0.3, -0.25) is 0 Å². The summed E-state index contributed by atoms with van der Waals surface area (Å²) in [7, 11) is 2.11. The number of benzene rings is 1. The fourth-order valence-corrected chi connectivity index (χ4v) is 3.48. The second-order valence-electron chi connectivity index (χ2n) is 6.99. The first kappa shape index (κ1) is 18.2. The van der Waals surface area contributed by atoms with Crippen molar-refractivity contribution in [2.45, 2.75) is 79.2 Å². The maximum absolute atomic E-state index is 3.56. The molecule has 0 heterocycles. The quantitative estimate of drug-likeness (QED) is 0.662. The van der Waals surface area contributed by atoms with E-state index in [-0.39, 0.29) is 0 Å². The fraction of sp³-hybridized carbons (Fsp3) is 0.700. The van der Waals surface area contributed by atoms with Crippen molar-refractivity contribution in [1.29, 1.82) is 0 Å². The molecule has 1 aromatic rings. The van der Waals surface area contributed by atoms with Crippen LogP contribution in [0, 0.1) is 5.41 Å². The molecule has 0 saturated heterocycles. The standard InChI is InChI=1S/C20H35N/c1-7-10-18-14-16(11-12-17(18)9-3)15-19(21-6)20(4,5)13-8-2/h11-12,14,19,21H,7-10,13,15H2,1-6H3. The number of aryl methyl sites for hydroxylation is 2. The Morgan fingerprint density at radius 2 is 1.76 bits per heavy atom. The molecule has 0 amide bonds. The lowest BCUT2D eigenvalue weighted by Crippen LogP contribution is -2.41. The number of rotatable bonds is 9.